The van der Waals surface area contributed by atoms with Crippen molar-refractivity contribution in [3.8, 4) is 5.75 Å². The average Bonchev–Trinajstić information content (AvgIpc) is 2.87. The maximum absolute atomic E-state index is 13.1. The molecule has 0 saturated carbocycles. The Hall–Kier alpha value is -3.01. The van der Waals surface area contributed by atoms with Crippen molar-refractivity contribution in [1.29, 1.82) is 0 Å². The molecule has 0 aliphatic carbocycles. The van der Waals surface area contributed by atoms with Gasteiger partial charge in [-0.25, -0.2) is 0 Å². The third kappa shape index (κ3) is 6.32. The number of hydrogen-bond donors (Lipinski definition) is 1. The van der Waals surface area contributed by atoms with Crippen LogP contribution in [-0.2, 0) is 14.9 Å². The van der Waals surface area contributed by atoms with E-state index in [1.807, 2.05) is 39.0 Å². The van der Waals surface area contributed by atoms with Gasteiger partial charge in [-0.2, -0.15) is 26.3 Å². The number of alkyl halides is 6. The lowest BCUT2D eigenvalue weighted by atomic mass is 9.70. The van der Waals surface area contributed by atoms with Crippen LogP contribution in [0.25, 0.3) is 6.08 Å². The first-order valence-electron chi connectivity index (χ1n) is 13.2. The van der Waals surface area contributed by atoms with Gasteiger partial charge in [0.25, 0.3) is 5.60 Å². The second-order valence-electron chi connectivity index (χ2n) is 10.3. The Morgan fingerprint density at radius 3 is 2.02 bits per heavy atom. The van der Waals surface area contributed by atoms with E-state index in [1.54, 1.807) is 19.1 Å². The summed E-state index contributed by atoms with van der Waals surface area (Å²) < 4.78 is 89.7. The molecule has 4 nitrogen and oxygen atoms in total. The van der Waals surface area contributed by atoms with E-state index in [1.165, 1.54) is 6.07 Å². The zero-order valence-corrected chi connectivity index (χ0v) is 22.9. The van der Waals surface area contributed by atoms with Gasteiger partial charge in [0.15, 0.2) is 0 Å². The number of halogens is 6. The molecule has 1 heterocycles. The van der Waals surface area contributed by atoms with Crippen molar-refractivity contribution in [2.75, 3.05) is 6.61 Å². The first-order valence-corrected chi connectivity index (χ1v) is 13.2. The van der Waals surface area contributed by atoms with Crippen LogP contribution in [0.15, 0.2) is 42.5 Å². The fourth-order valence-corrected chi connectivity index (χ4v) is 5.14. The van der Waals surface area contributed by atoms with E-state index in [-0.39, 0.29) is 30.3 Å². The Labute approximate surface area is 230 Å². The normalized spacial score (nSPS) is 17.3. The molecule has 0 spiro atoms. The van der Waals surface area contributed by atoms with Crippen molar-refractivity contribution in [2.24, 2.45) is 0 Å². The van der Waals surface area contributed by atoms with Crippen LogP contribution in [0.4, 0.5) is 26.3 Å². The van der Waals surface area contributed by atoms with Crippen LogP contribution in [0.2, 0.25) is 0 Å². The number of cyclic esters (lactones) is 1. The number of benzene rings is 2. The third-order valence-corrected chi connectivity index (χ3v) is 7.76. The van der Waals surface area contributed by atoms with Gasteiger partial charge in [-0.1, -0.05) is 50.3 Å². The highest BCUT2D eigenvalue weighted by Gasteiger charge is 2.68. The second-order valence-corrected chi connectivity index (χ2v) is 10.3. The van der Waals surface area contributed by atoms with Crippen LogP contribution in [0, 0.1) is 13.8 Å². The maximum Gasteiger partial charge on any atom is 0.430 e. The topological polar surface area (TPSA) is 55.8 Å². The van der Waals surface area contributed by atoms with E-state index >= 15 is 0 Å². The second kappa shape index (κ2) is 11.8. The quantitative estimate of drug-likeness (QED) is 0.247. The minimum atomic E-state index is -5.93. The lowest BCUT2D eigenvalue weighted by molar-refractivity contribution is -0.347. The number of carbonyl (C=O) groups excluding carboxylic acids is 1. The Balaban J connectivity index is 1.89. The van der Waals surface area contributed by atoms with Crippen LogP contribution in [0.3, 0.4) is 0 Å². The van der Waals surface area contributed by atoms with Crippen molar-refractivity contribution in [1.82, 2.24) is 0 Å². The van der Waals surface area contributed by atoms with Gasteiger partial charge >= 0.3 is 18.3 Å². The summed E-state index contributed by atoms with van der Waals surface area (Å²) in [5.74, 6) is 0.431. The predicted octanol–water partition coefficient (Wildman–Crippen LogP) is 7.75. The molecule has 220 valence electrons. The predicted molar refractivity (Wildman–Crippen MR) is 139 cm³/mol. The van der Waals surface area contributed by atoms with Crippen LogP contribution < -0.4 is 4.74 Å². The molecule has 3 rings (SSSR count). The van der Waals surface area contributed by atoms with Crippen LogP contribution in [0.1, 0.15) is 73.8 Å². The smallest absolute Gasteiger partial charge is 0.430 e. The van der Waals surface area contributed by atoms with Crippen molar-refractivity contribution < 1.29 is 45.7 Å². The number of hydrogen-bond acceptors (Lipinski definition) is 4. The third-order valence-electron chi connectivity index (χ3n) is 7.76. The summed E-state index contributed by atoms with van der Waals surface area (Å²) in [6, 6.07) is 10.7. The molecule has 0 aromatic heterocycles. The van der Waals surface area contributed by atoms with E-state index in [2.05, 4.69) is 0 Å². The molecule has 0 unspecified atom stereocenters. The maximum atomic E-state index is 13.1. The fourth-order valence-electron chi connectivity index (χ4n) is 5.14. The lowest BCUT2D eigenvalue weighted by Gasteiger charge is -2.34. The molecule has 1 fully saturated rings. The molecule has 1 N–H and O–H groups in total. The largest absolute Gasteiger partial charge is 0.489 e. The van der Waals surface area contributed by atoms with Crippen molar-refractivity contribution in [3.05, 3.63) is 70.3 Å². The van der Waals surface area contributed by atoms with Gasteiger partial charge in [0, 0.05) is 11.8 Å². The zero-order chi connectivity index (χ0) is 29.9. The summed E-state index contributed by atoms with van der Waals surface area (Å²) in [5, 5.41) is 9.45. The summed E-state index contributed by atoms with van der Waals surface area (Å²) in [7, 11) is 0. The number of rotatable bonds is 9. The fraction of sp³-hybridized carbons (Fsp3) is 0.500. The first kappa shape index (κ1) is 31.5. The molecule has 2 aromatic rings. The molecule has 0 radical (unpaired) electrons. The minimum absolute atomic E-state index is 0.125. The zero-order valence-electron chi connectivity index (χ0n) is 22.9. The van der Waals surface area contributed by atoms with E-state index in [9.17, 15) is 36.2 Å². The van der Waals surface area contributed by atoms with Gasteiger partial charge in [0.1, 0.15) is 18.5 Å². The summed E-state index contributed by atoms with van der Waals surface area (Å²) in [5.41, 5.74) is -2.13. The average molecular weight is 573 g/mol. The Kier molecular flexibility index (Phi) is 9.33. The Morgan fingerprint density at radius 2 is 1.52 bits per heavy atom. The summed E-state index contributed by atoms with van der Waals surface area (Å²) in [6.07, 6.45) is -8.46. The minimum Gasteiger partial charge on any atom is -0.489 e. The molecule has 40 heavy (non-hydrogen) atoms. The van der Waals surface area contributed by atoms with Crippen LogP contribution >= 0.6 is 0 Å². The summed E-state index contributed by atoms with van der Waals surface area (Å²) >= 11 is 0. The van der Waals surface area contributed by atoms with Gasteiger partial charge in [-0.05, 0) is 79.5 Å². The van der Waals surface area contributed by atoms with Gasteiger partial charge in [-0.15, -0.1) is 0 Å². The Morgan fingerprint density at radius 1 is 0.950 bits per heavy atom. The molecule has 1 aliphatic heterocycles. The molecule has 1 aliphatic rings. The summed E-state index contributed by atoms with van der Waals surface area (Å²) in [6.45, 7) is 7.78. The highest BCUT2D eigenvalue weighted by Crippen LogP contribution is 2.45. The Bertz CT molecular complexity index is 1210. The van der Waals surface area contributed by atoms with E-state index in [0.717, 1.165) is 29.5 Å². The van der Waals surface area contributed by atoms with E-state index < -0.39 is 23.4 Å². The molecule has 1 saturated heterocycles. The summed E-state index contributed by atoms with van der Waals surface area (Å²) in [4.78, 5) is 11.5. The molecular weight excluding hydrogens is 538 g/mol. The molecule has 1 atom stereocenters. The van der Waals surface area contributed by atoms with Gasteiger partial charge in [0.2, 0.25) is 0 Å². The SMILES string of the molecule is CCC(CC)(c1ccc(/C=C/C(O)(C(F)(F)F)C(F)(F)F)c(C)c1)c1ccc(OC[C@H]2CCCC(=O)O2)c(C)c1. The number of aryl methyl sites for hydroxylation is 2. The number of ether oxygens (including phenoxy) is 2. The number of esters is 1. The number of aliphatic hydroxyl groups is 1. The van der Waals surface area contributed by atoms with E-state index in [0.29, 0.717) is 36.7 Å². The van der Waals surface area contributed by atoms with Crippen molar-refractivity contribution >= 4 is 12.0 Å². The van der Waals surface area contributed by atoms with Crippen molar-refractivity contribution in [3.63, 3.8) is 0 Å². The molecule has 0 bridgehead atoms. The van der Waals surface area contributed by atoms with Crippen molar-refractivity contribution in [2.45, 2.75) is 89.3 Å². The van der Waals surface area contributed by atoms with Gasteiger partial charge < -0.3 is 14.6 Å². The molecule has 10 heteroatoms. The molecular formula is C30H34F6O4. The van der Waals surface area contributed by atoms with E-state index in [4.69, 9.17) is 9.47 Å². The highest BCUT2D eigenvalue weighted by atomic mass is 19.4. The van der Waals surface area contributed by atoms with Crippen LogP contribution in [0.5, 0.6) is 5.75 Å². The standard InChI is InChI=1S/C30H34F6O4/c1-5-27(6-2,23-12-13-25(20(4)17-23)39-18-24-8-7-9-26(37)40-24)22-11-10-21(19(3)16-22)14-15-28(38,29(31,32)33)30(34,35)36/h10-17,24,38H,5-9,18H2,1-4H3/b15-14+/t24-/m1/s1. The monoisotopic (exact) mass is 572 g/mol. The molecule has 0 amide bonds. The number of carbonyl (C=O) groups is 1. The van der Waals surface area contributed by atoms with Crippen LogP contribution in [-0.4, -0.2) is 41.7 Å². The molecule has 2 aromatic carbocycles. The van der Waals surface area contributed by atoms with Gasteiger partial charge in [0.05, 0.1) is 0 Å². The van der Waals surface area contributed by atoms with Gasteiger partial charge in [-0.3, -0.25) is 4.79 Å². The highest BCUT2D eigenvalue weighted by molar-refractivity contribution is 5.70. The lowest BCUT2D eigenvalue weighted by Crippen LogP contribution is -2.55. The first-order chi connectivity index (χ1) is 18.6.